The summed E-state index contributed by atoms with van der Waals surface area (Å²) in [4.78, 5) is 15.4. The number of hydrogen-bond donors (Lipinski definition) is 1. The molecule has 0 saturated heterocycles. The summed E-state index contributed by atoms with van der Waals surface area (Å²) in [5.74, 6) is -0.602. The van der Waals surface area contributed by atoms with Crippen LogP contribution in [0.4, 0.5) is 5.69 Å². The summed E-state index contributed by atoms with van der Waals surface area (Å²) in [7, 11) is 0. The lowest BCUT2D eigenvalue weighted by Crippen LogP contribution is -2.12. The molecule has 0 bridgehead atoms. The summed E-state index contributed by atoms with van der Waals surface area (Å²) in [6.07, 6.45) is 0. The van der Waals surface area contributed by atoms with Crippen molar-refractivity contribution in [3.63, 3.8) is 0 Å². The molecule has 0 spiro atoms. The van der Waals surface area contributed by atoms with Crippen molar-refractivity contribution in [2.45, 2.75) is 13.8 Å². The number of hydrogen-bond acceptors (Lipinski definition) is 5. The molecule has 0 unspecified atom stereocenters. The average molecular weight is 205 g/mol. The van der Waals surface area contributed by atoms with Crippen LogP contribution in [-0.2, 0) is 4.74 Å². The Morgan fingerprint density at radius 2 is 2.40 bits per heavy atom. The highest BCUT2D eigenvalue weighted by Gasteiger charge is 2.16. The molecular formula is C10H11N3O2. The molecule has 0 radical (unpaired) electrons. The molecule has 0 aliphatic carbocycles. The van der Waals surface area contributed by atoms with Crippen molar-refractivity contribution in [2.75, 3.05) is 12.3 Å². The summed E-state index contributed by atoms with van der Waals surface area (Å²) in [5, 5.41) is 8.77. The Kier molecular flexibility index (Phi) is 3.24. The molecule has 0 aliphatic heterocycles. The van der Waals surface area contributed by atoms with E-state index >= 15 is 0 Å². The van der Waals surface area contributed by atoms with Crippen LogP contribution >= 0.6 is 0 Å². The quantitative estimate of drug-likeness (QED) is 0.728. The number of ether oxygens (including phenoxy) is 1. The Hall–Kier alpha value is -2.09. The van der Waals surface area contributed by atoms with Crippen LogP contribution in [0.2, 0.25) is 0 Å². The highest BCUT2D eigenvalue weighted by atomic mass is 16.5. The maximum Gasteiger partial charge on any atom is 0.359 e. The van der Waals surface area contributed by atoms with E-state index in [1.165, 1.54) is 6.07 Å². The zero-order valence-electron chi connectivity index (χ0n) is 8.57. The van der Waals surface area contributed by atoms with Gasteiger partial charge in [-0.1, -0.05) is 0 Å². The van der Waals surface area contributed by atoms with Crippen LogP contribution in [0.5, 0.6) is 0 Å². The van der Waals surface area contributed by atoms with Crippen molar-refractivity contribution in [2.24, 2.45) is 0 Å². The van der Waals surface area contributed by atoms with Gasteiger partial charge in [-0.3, -0.25) is 0 Å². The molecule has 0 amide bonds. The van der Waals surface area contributed by atoms with Gasteiger partial charge in [-0.25, -0.2) is 9.78 Å². The first-order valence-corrected chi connectivity index (χ1v) is 4.44. The minimum atomic E-state index is -0.602. The van der Waals surface area contributed by atoms with Gasteiger partial charge in [-0.15, -0.1) is 0 Å². The fourth-order valence-corrected chi connectivity index (χ4v) is 1.13. The lowest BCUT2D eigenvalue weighted by Gasteiger charge is -2.06. The molecule has 1 aromatic rings. The molecule has 15 heavy (non-hydrogen) atoms. The number of esters is 1. The van der Waals surface area contributed by atoms with Crippen molar-refractivity contribution >= 4 is 11.7 Å². The van der Waals surface area contributed by atoms with Gasteiger partial charge in [0.2, 0.25) is 0 Å². The van der Waals surface area contributed by atoms with Gasteiger partial charge in [0.05, 0.1) is 17.9 Å². The lowest BCUT2D eigenvalue weighted by molar-refractivity contribution is 0.0520. The largest absolute Gasteiger partial charge is 0.461 e. The van der Waals surface area contributed by atoms with Gasteiger partial charge in [0, 0.05) is 5.69 Å². The van der Waals surface area contributed by atoms with E-state index in [0.29, 0.717) is 5.69 Å². The van der Waals surface area contributed by atoms with E-state index in [1.807, 2.05) is 6.07 Å². The van der Waals surface area contributed by atoms with Crippen LogP contribution in [-0.4, -0.2) is 17.6 Å². The maximum absolute atomic E-state index is 11.4. The molecule has 0 saturated carbocycles. The van der Waals surface area contributed by atoms with Crippen LogP contribution in [0.25, 0.3) is 0 Å². The van der Waals surface area contributed by atoms with E-state index in [0.717, 1.165) is 0 Å². The van der Waals surface area contributed by atoms with Gasteiger partial charge in [0.1, 0.15) is 6.07 Å². The highest BCUT2D eigenvalue weighted by molar-refractivity contribution is 5.94. The highest BCUT2D eigenvalue weighted by Crippen LogP contribution is 2.17. The Labute approximate surface area is 87.5 Å². The molecule has 2 N–H and O–H groups in total. The molecule has 0 aliphatic rings. The predicted octanol–water partition coefficient (Wildman–Crippen LogP) is 1.02. The number of carbonyl (C=O) groups excluding carboxylic acids is 1. The van der Waals surface area contributed by atoms with E-state index in [2.05, 4.69) is 4.98 Å². The standard InChI is InChI=1S/C10H11N3O2/c1-3-15-10(14)9-8(12)7(5-11)4-6(2)13-9/h4H,3,12H2,1-2H3. The van der Waals surface area contributed by atoms with Crippen molar-refractivity contribution in [1.82, 2.24) is 4.98 Å². The van der Waals surface area contributed by atoms with E-state index in [4.69, 9.17) is 15.7 Å². The minimum Gasteiger partial charge on any atom is -0.461 e. The van der Waals surface area contributed by atoms with Crippen LogP contribution in [0, 0.1) is 18.3 Å². The third-order valence-corrected chi connectivity index (χ3v) is 1.78. The average Bonchev–Trinajstić information content (AvgIpc) is 2.21. The predicted molar refractivity (Wildman–Crippen MR) is 54.1 cm³/mol. The third kappa shape index (κ3) is 2.23. The number of aryl methyl sites for hydroxylation is 1. The molecule has 1 rings (SSSR count). The van der Waals surface area contributed by atoms with E-state index in [1.54, 1.807) is 13.8 Å². The van der Waals surface area contributed by atoms with Gasteiger partial charge >= 0.3 is 5.97 Å². The lowest BCUT2D eigenvalue weighted by atomic mass is 10.1. The number of nitrogen functional groups attached to an aromatic ring is 1. The number of nitrogens with two attached hydrogens (primary N) is 1. The molecular weight excluding hydrogens is 194 g/mol. The van der Waals surface area contributed by atoms with Gasteiger partial charge in [-0.05, 0) is 19.9 Å². The molecule has 0 aromatic carbocycles. The van der Waals surface area contributed by atoms with Crippen LogP contribution < -0.4 is 5.73 Å². The second-order valence-electron chi connectivity index (χ2n) is 2.91. The molecule has 5 nitrogen and oxygen atoms in total. The second kappa shape index (κ2) is 4.42. The number of nitrogens with zero attached hydrogens (tertiary/aromatic N) is 2. The van der Waals surface area contributed by atoms with Crippen LogP contribution in [0.3, 0.4) is 0 Å². The van der Waals surface area contributed by atoms with Crippen molar-refractivity contribution in [1.29, 1.82) is 5.26 Å². The molecule has 5 heteroatoms. The number of aromatic nitrogens is 1. The summed E-state index contributed by atoms with van der Waals surface area (Å²) >= 11 is 0. The second-order valence-corrected chi connectivity index (χ2v) is 2.91. The molecule has 0 atom stereocenters. The zero-order chi connectivity index (χ0) is 11.4. The summed E-state index contributed by atoms with van der Waals surface area (Å²) in [6, 6.07) is 3.43. The number of nitriles is 1. The number of carbonyl (C=O) groups is 1. The van der Waals surface area contributed by atoms with E-state index in [-0.39, 0.29) is 23.6 Å². The van der Waals surface area contributed by atoms with Gasteiger partial charge in [0.25, 0.3) is 0 Å². The van der Waals surface area contributed by atoms with Gasteiger partial charge in [-0.2, -0.15) is 5.26 Å². The van der Waals surface area contributed by atoms with Gasteiger partial charge < -0.3 is 10.5 Å². The Morgan fingerprint density at radius 3 is 2.93 bits per heavy atom. The molecule has 1 aromatic heterocycles. The first kappa shape index (κ1) is 11.0. The van der Waals surface area contributed by atoms with Gasteiger partial charge in [0.15, 0.2) is 5.69 Å². The zero-order valence-corrected chi connectivity index (χ0v) is 8.57. The Balaban J connectivity index is 3.24. The van der Waals surface area contributed by atoms with Crippen LogP contribution in [0.1, 0.15) is 28.7 Å². The molecule has 0 fully saturated rings. The number of rotatable bonds is 2. The fourth-order valence-electron chi connectivity index (χ4n) is 1.13. The summed E-state index contributed by atoms with van der Waals surface area (Å²) < 4.78 is 4.77. The fraction of sp³-hybridized carbons (Fsp3) is 0.300. The molecule has 1 heterocycles. The Bertz CT molecular complexity index is 435. The van der Waals surface area contributed by atoms with Crippen molar-refractivity contribution in [3.8, 4) is 6.07 Å². The first-order valence-electron chi connectivity index (χ1n) is 4.44. The van der Waals surface area contributed by atoms with E-state index in [9.17, 15) is 4.79 Å². The smallest absolute Gasteiger partial charge is 0.359 e. The topological polar surface area (TPSA) is 89.0 Å². The van der Waals surface area contributed by atoms with Crippen molar-refractivity contribution in [3.05, 3.63) is 23.0 Å². The number of pyridine rings is 1. The third-order valence-electron chi connectivity index (χ3n) is 1.78. The SMILES string of the molecule is CCOC(=O)c1nc(C)cc(C#N)c1N. The number of anilines is 1. The molecule has 78 valence electrons. The van der Waals surface area contributed by atoms with Crippen molar-refractivity contribution < 1.29 is 9.53 Å². The Morgan fingerprint density at radius 1 is 1.73 bits per heavy atom. The summed E-state index contributed by atoms with van der Waals surface area (Å²) in [5.41, 5.74) is 6.49. The first-order chi connectivity index (χ1) is 7.10. The minimum absolute atomic E-state index is 0.00778. The maximum atomic E-state index is 11.4. The summed E-state index contributed by atoms with van der Waals surface area (Å²) in [6.45, 7) is 3.62. The monoisotopic (exact) mass is 205 g/mol. The van der Waals surface area contributed by atoms with E-state index < -0.39 is 5.97 Å². The normalized spacial score (nSPS) is 9.40. The van der Waals surface area contributed by atoms with Crippen LogP contribution in [0.15, 0.2) is 6.07 Å².